The summed E-state index contributed by atoms with van der Waals surface area (Å²) in [6, 6.07) is 22.5. The maximum absolute atomic E-state index is 13.5. The van der Waals surface area contributed by atoms with Crippen LogP contribution < -0.4 is 19.6 Å². The van der Waals surface area contributed by atoms with E-state index in [0.717, 1.165) is 5.56 Å². The van der Waals surface area contributed by atoms with Gasteiger partial charge >= 0.3 is 5.97 Å². The van der Waals surface area contributed by atoms with Gasteiger partial charge in [0.1, 0.15) is 22.9 Å². The van der Waals surface area contributed by atoms with Crippen LogP contribution in [0, 0.1) is 0 Å². The van der Waals surface area contributed by atoms with E-state index in [1.165, 1.54) is 18.3 Å². The maximum Gasteiger partial charge on any atom is 0.345 e. The number of hydrazone groups is 1. The number of aromatic nitrogens is 1. The highest BCUT2D eigenvalue weighted by molar-refractivity contribution is 9.10. The Hall–Kier alpha value is -4.31. The van der Waals surface area contributed by atoms with Gasteiger partial charge in [0.05, 0.1) is 41.9 Å². The molecule has 0 spiro atoms. The van der Waals surface area contributed by atoms with Crippen LogP contribution in [-0.2, 0) is 0 Å². The number of hydrogen-bond donors (Lipinski definition) is 2. The normalized spacial score (nSPS) is 11.1. The molecule has 0 atom stereocenters. The smallest absolute Gasteiger partial charge is 0.345 e. The number of benzene rings is 4. The summed E-state index contributed by atoms with van der Waals surface area (Å²) >= 11 is 15.5. The first-order valence-corrected chi connectivity index (χ1v) is 14.0. The molecule has 1 aromatic heterocycles. The molecule has 0 bridgehead atoms. The topological polar surface area (TPSA) is 102 Å². The molecule has 1 amide bonds. The number of hydrogen-bond acceptors (Lipinski definition) is 6. The van der Waals surface area contributed by atoms with E-state index in [0.29, 0.717) is 43.0 Å². The zero-order chi connectivity index (χ0) is 29.8. The van der Waals surface area contributed by atoms with Crippen LogP contribution >= 0.6 is 39.1 Å². The molecule has 1 heterocycles. The number of fused-ring (bicyclic) bond motifs is 1. The Labute approximate surface area is 259 Å². The molecule has 0 saturated carbocycles. The predicted molar refractivity (Wildman–Crippen MR) is 167 cm³/mol. The second-order valence-corrected chi connectivity index (χ2v) is 10.6. The number of nitrogens with zero attached hydrogens (tertiary/aromatic N) is 1. The highest BCUT2D eigenvalue weighted by Crippen LogP contribution is 2.42. The lowest BCUT2D eigenvalue weighted by Gasteiger charge is -2.09. The number of amides is 1. The number of nitrogens with one attached hydrogen (secondary N) is 2. The first-order valence-electron chi connectivity index (χ1n) is 12.4. The van der Waals surface area contributed by atoms with Gasteiger partial charge in [0.25, 0.3) is 5.91 Å². The third-order valence-corrected chi connectivity index (χ3v) is 7.34. The summed E-state index contributed by atoms with van der Waals surface area (Å²) in [5, 5.41) is 5.40. The Morgan fingerprint density at radius 3 is 2.33 bits per heavy atom. The van der Waals surface area contributed by atoms with Crippen LogP contribution in [0.1, 0.15) is 26.4 Å². The number of H-pyrrole nitrogens is 1. The molecule has 2 N–H and O–H groups in total. The van der Waals surface area contributed by atoms with E-state index < -0.39 is 11.9 Å². The molecule has 0 unspecified atom stereocenters. The first-order chi connectivity index (χ1) is 20.3. The van der Waals surface area contributed by atoms with Crippen molar-refractivity contribution >= 4 is 68.1 Å². The summed E-state index contributed by atoms with van der Waals surface area (Å²) in [6.45, 7) is 0. The number of ether oxygens (including phenoxy) is 3. The van der Waals surface area contributed by atoms with Crippen LogP contribution in [0.3, 0.4) is 0 Å². The van der Waals surface area contributed by atoms with Gasteiger partial charge in [-0.2, -0.15) is 5.10 Å². The summed E-state index contributed by atoms with van der Waals surface area (Å²) in [4.78, 5) is 29.5. The van der Waals surface area contributed by atoms with Gasteiger partial charge in [0, 0.05) is 20.6 Å². The quantitative estimate of drug-likeness (QED) is 0.0759. The molecular weight excluding hydrogens is 645 g/mol. The first kappa shape index (κ1) is 29.2. The molecule has 0 aliphatic rings. The number of carbonyl (C=O) groups is 2. The van der Waals surface area contributed by atoms with Gasteiger partial charge in [-0.05, 0) is 54.1 Å². The van der Waals surface area contributed by atoms with Crippen LogP contribution in [0.4, 0.5) is 0 Å². The summed E-state index contributed by atoms with van der Waals surface area (Å²) in [5.41, 5.74) is 5.43. The molecule has 0 radical (unpaired) electrons. The largest absolute Gasteiger partial charge is 0.496 e. The van der Waals surface area contributed by atoms with E-state index >= 15 is 0 Å². The number of halogens is 3. The van der Waals surface area contributed by atoms with Crippen LogP contribution in [-0.4, -0.2) is 37.3 Å². The van der Waals surface area contributed by atoms with Gasteiger partial charge in [-0.25, -0.2) is 10.2 Å². The minimum absolute atomic E-state index is 0.151. The average Bonchev–Trinajstić information content (AvgIpc) is 3.39. The third-order valence-electron chi connectivity index (χ3n) is 6.30. The minimum Gasteiger partial charge on any atom is -0.496 e. The Morgan fingerprint density at radius 1 is 0.905 bits per heavy atom. The lowest BCUT2D eigenvalue weighted by atomic mass is 10.0. The monoisotopic (exact) mass is 665 g/mol. The van der Waals surface area contributed by atoms with Crippen molar-refractivity contribution in [1.29, 1.82) is 0 Å². The number of methoxy groups -OCH3 is 2. The van der Waals surface area contributed by atoms with E-state index in [9.17, 15) is 9.59 Å². The molecular formula is C31H22BrCl2N3O5. The molecule has 5 rings (SSSR count). The molecule has 212 valence electrons. The number of esters is 1. The Balaban J connectivity index is 1.47. The lowest BCUT2D eigenvalue weighted by Crippen LogP contribution is -2.19. The lowest BCUT2D eigenvalue weighted by molar-refractivity contribution is 0.0734. The van der Waals surface area contributed by atoms with Gasteiger partial charge in [0.2, 0.25) is 0 Å². The Kier molecular flexibility index (Phi) is 8.82. The molecule has 4 aromatic carbocycles. The number of rotatable bonds is 8. The second-order valence-electron chi connectivity index (χ2n) is 8.86. The van der Waals surface area contributed by atoms with Gasteiger partial charge < -0.3 is 19.2 Å². The summed E-state index contributed by atoms with van der Waals surface area (Å²) in [5.74, 6) is 0.145. The van der Waals surface area contributed by atoms with Crippen molar-refractivity contribution in [3.8, 4) is 28.4 Å². The predicted octanol–water partition coefficient (Wildman–Crippen LogP) is 7.90. The van der Waals surface area contributed by atoms with Crippen LogP contribution in [0.25, 0.3) is 22.0 Å². The fraction of sp³-hybridized carbons (Fsp3) is 0.0645. The molecule has 42 heavy (non-hydrogen) atoms. The molecule has 8 nitrogen and oxygen atoms in total. The highest BCUT2D eigenvalue weighted by Gasteiger charge is 2.24. The molecule has 0 aliphatic heterocycles. The number of aromatic amines is 1. The molecule has 11 heteroatoms. The van der Waals surface area contributed by atoms with E-state index in [4.69, 9.17) is 37.4 Å². The standard InChI is InChI=1S/C31H22BrCl2N3O5/c1-40-24-12-13-25(41-2)28-27(24)26(17-6-4-3-5-7-17)29(36-28)30(38)37-35-16-18-14-19(32)8-11-23(18)42-31(39)21-10-9-20(33)15-22(21)34/h3-16,36H,1-2H3,(H,37,38). The van der Waals surface area contributed by atoms with Gasteiger partial charge in [0.15, 0.2) is 0 Å². The Morgan fingerprint density at radius 2 is 1.62 bits per heavy atom. The van der Waals surface area contributed by atoms with Crippen LogP contribution in [0.2, 0.25) is 10.0 Å². The maximum atomic E-state index is 13.5. The molecule has 0 fully saturated rings. The average molecular weight is 667 g/mol. The van der Waals surface area contributed by atoms with Crippen LogP contribution in [0.5, 0.6) is 17.2 Å². The third kappa shape index (κ3) is 5.99. The Bertz CT molecular complexity index is 1840. The summed E-state index contributed by atoms with van der Waals surface area (Å²) < 4.78 is 17.5. The van der Waals surface area contributed by atoms with Crippen molar-refractivity contribution in [2.75, 3.05) is 14.2 Å². The van der Waals surface area contributed by atoms with E-state index in [-0.39, 0.29) is 22.0 Å². The summed E-state index contributed by atoms with van der Waals surface area (Å²) in [6.07, 6.45) is 1.38. The van der Waals surface area contributed by atoms with E-state index in [1.54, 1.807) is 50.6 Å². The van der Waals surface area contributed by atoms with Gasteiger partial charge in [-0.3, -0.25) is 4.79 Å². The SMILES string of the molecule is COc1ccc(OC)c2c(-c3ccccc3)c(C(=O)NN=Cc3cc(Br)ccc3OC(=O)c3ccc(Cl)cc3Cl)[nH]c12. The van der Waals surface area contributed by atoms with Crippen molar-refractivity contribution in [1.82, 2.24) is 10.4 Å². The van der Waals surface area contributed by atoms with Crippen LogP contribution in [0.15, 0.2) is 88.4 Å². The van der Waals surface area contributed by atoms with Gasteiger partial charge in [-0.15, -0.1) is 0 Å². The zero-order valence-corrected chi connectivity index (χ0v) is 25.3. The van der Waals surface area contributed by atoms with Crippen molar-refractivity contribution in [2.45, 2.75) is 0 Å². The van der Waals surface area contributed by atoms with Crippen molar-refractivity contribution in [3.63, 3.8) is 0 Å². The minimum atomic E-state index is -0.675. The van der Waals surface area contributed by atoms with Crippen molar-refractivity contribution < 1.29 is 23.8 Å². The van der Waals surface area contributed by atoms with Gasteiger partial charge in [-0.1, -0.05) is 69.5 Å². The molecule has 5 aromatic rings. The van der Waals surface area contributed by atoms with Crippen molar-refractivity contribution in [2.24, 2.45) is 5.10 Å². The van der Waals surface area contributed by atoms with Crippen molar-refractivity contribution in [3.05, 3.63) is 110 Å². The van der Waals surface area contributed by atoms with E-state index in [2.05, 4.69) is 31.4 Å². The fourth-order valence-corrected chi connectivity index (χ4v) is 5.26. The number of carbonyl (C=O) groups excluding carboxylic acids is 2. The molecule has 0 aliphatic carbocycles. The van der Waals surface area contributed by atoms with E-state index in [1.807, 2.05) is 30.3 Å². The highest BCUT2D eigenvalue weighted by atomic mass is 79.9. The zero-order valence-electron chi connectivity index (χ0n) is 22.2. The fourth-order valence-electron chi connectivity index (χ4n) is 4.39. The second kappa shape index (κ2) is 12.7. The summed E-state index contributed by atoms with van der Waals surface area (Å²) in [7, 11) is 3.12. The molecule has 0 saturated heterocycles.